The van der Waals surface area contributed by atoms with Gasteiger partial charge >= 0.3 is 0 Å². The minimum Gasteiger partial charge on any atom is -0.399 e. The lowest BCUT2D eigenvalue weighted by atomic mass is 10.0. The van der Waals surface area contributed by atoms with E-state index in [0.29, 0.717) is 11.1 Å². The number of aromatic nitrogens is 2. The maximum absolute atomic E-state index is 12.1. The third kappa shape index (κ3) is 2.26. The molecule has 0 unspecified atom stereocenters. The Balaban J connectivity index is 0.00000147. The van der Waals surface area contributed by atoms with Crippen molar-refractivity contribution in [1.29, 1.82) is 0 Å². The van der Waals surface area contributed by atoms with Gasteiger partial charge in [-0.25, -0.2) is 4.68 Å². The summed E-state index contributed by atoms with van der Waals surface area (Å²) in [6.45, 7) is 0. The van der Waals surface area contributed by atoms with E-state index in [1.54, 1.807) is 7.05 Å². The number of aryl methyl sites for hydroxylation is 1. The second kappa shape index (κ2) is 5.35. The van der Waals surface area contributed by atoms with Crippen LogP contribution >= 0.6 is 12.4 Å². The maximum atomic E-state index is 12.1. The summed E-state index contributed by atoms with van der Waals surface area (Å²) in [5, 5.41) is 5.87. The Kier molecular flexibility index (Phi) is 3.77. The van der Waals surface area contributed by atoms with Gasteiger partial charge < -0.3 is 5.73 Å². The van der Waals surface area contributed by atoms with E-state index in [9.17, 15) is 4.79 Å². The van der Waals surface area contributed by atoms with Gasteiger partial charge in [0, 0.05) is 23.7 Å². The van der Waals surface area contributed by atoms with Gasteiger partial charge in [0.1, 0.15) is 0 Å². The van der Waals surface area contributed by atoms with Crippen molar-refractivity contribution in [3.05, 3.63) is 58.9 Å². The number of benzene rings is 2. The van der Waals surface area contributed by atoms with E-state index >= 15 is 0 Å². The Morgan fingerprint density at radius 3 is 2.45 bits per heavy atom. The molecule has 0 fully saturated rings. The molecule has 5 heteroatoms. The molecular weight excluding hydrogens is 274 g/mol. The molecule has 0 radical (unpaired) electrons. The number of anilines is 1. The van der Waals surface area contributed by atoms with Gasteiger partial charge in [-0.2, -0.15) is 5.10 Å². The molecule has 2 aromatic carbocycles. The quantitative estimate of drug-likeness (QED) is 0.700. The summed E-state index contributed by atoms with van der Waals surface area (Å²) >= 11 is 0. The molecule has 1 heterocycles. The molecule has 0 saturated carbocycles. The lowest BCUT2D eigenvalue weighted by Crippen LogP contribution is -2.20. The van der Waals surface area contributed by atoms with Crippen LogP contribution in [0.5, 0.6) is 0 Å². The van der Waals surface area contributed by atoms with Crippen molar-refractivity contribution in [2.45, 2.75) is 0 Å². The Morgan fingerprint density at radius 2 is 1.75 bits per heavy atom. The van der Waals surface area contributed by atoms with Gasteiger partial charge in [-0.3, -0.25) is 4.79 Å². The zero-order valence-corrected chi connectivity index (χ0v) is 11.7. The molecule has 0 bridgehead atoms. The zero-order chi connectivity index (χ0) is 13.4. The van der Waals surface area contributed by atoms with Crippen LogP contribution < -0.4 is 11.3 Å². The average molecular weight is 288 g/mol. The lowest BCUT2D eigenvalue weighted by Gasteiger charge is -2.08. The van der Waals surface area contributed by atoms with Gasteiger partial charge in [-0.15, -0.1) is 12.4 Å². The molecule has 2 N–H and O–H groups in total. The van der Waals surface area contributed by atoms with Gasteiger partial charge in [-0.1, -0.05) is 30.3 Å². The van der Waals surface area contributed by atoms with E-state index in [4.69, 9.17) is 5.73 Å². The Labute approximate surface area is 122 Å². The fourth-order valence-corrected chi connectivity index (χ4v) is 2.20. The van der Waals surface area contributed by atoms with Gasteiger partial charge in [0.15, 0.2) is 0 Å². The van der Waals surface area contributed by atoms with Crippen molar-refractivity contribution in [3.8, 4) is 11.3 Å². The van der Waals surface area contributed by atoms with Gasteiger partial charge in [-0.05, 0) is 18.2 Å². The largest absolute Gasteiger partial charge is 0.399 e. The van der Waals surface area contributed by atoms with Crippen molar-refractivity contribution in [3.63, 3.8) is 0 Å². The molecule has 20 heavy (non-hydrogen) atoms. The monoisotopic (exact) mass is 287 g/mol. The molecule has 0 spiro atoms. The van der Waals surface area contributed by atoms with Crippen molar-refractivity contribution in [2.24, 2.45) is 7.05 Å². The van der Waals surface area contributed by atoms with Crippen LogP contribution in [0, 0.1) is 0 Å². The molecule has 3 rings (SSSR count). The maximum Gasteiger partial charge on any atom is 0.274 e. The van der Waals surface area contributed by atoms with Crippen LogP contribution in [0.2, 0.25) is 0 Å². The molecule has 1 aromatic heterocycles. The molecule has 0 amide bonds. The zero-order valence-electron chi connectivity index (χ0n) is 10.9. The number of hydrogen-bond donors (Lipinski definition) is 1. The summed E-state index contributed by atoms with van der Waals surface area (Å²) < 4.78 is 1.36. The Morgan fingerprint density at radius 1 is 1.05 bits per heavy atom. The highest BCUT2D eigenvalue weighted by Gasteiger charge is 2.10. The first-order valence-corrected chi connectivity index (χ1v) is 5.99. The van der Waals surface area contributed by atoms with E-state index in [0.717, 1.165) is 16.6 Å². The minimum absolute atomic E-state index is 0. The number of fused-ring (bicyclic) bond motifs is 1. The van der Waals surface area contributed by atoms with Crippen LogP contribution in [-0.4, -0.2) is 9.78 Å². The van der Waals surface area contributed by atoms with Crippen LogP contribution in [0.25, 0.3) is 22.0 Å². The summed E-state index contributed by atoms with van der Waals surface area (Å²) in [4.78, 5) is 12.1. The molecule has 3 aromatic rings. The summed E-state index contributed by atoms with van der Waals surface area (Å²) in [6.07, 6.45) is 0. The summed E-state index contributed by atoms with van der Waals surface area (Å²) in [5.41, 5.74) is 8.07. The first kappa shape index (κ1) is 14.1. The number of nitrogens with two attached hydrogens (primary N) is 1. The average Bonchev–Trinajstić information content (AvgIpc) is 2.43. The number of nitrogen functional groups attached to an aromatic ring is 1. The molecular formula is C15H14ClN3O. The topological polar surface area (TPSA) is 60.9 Å². The Hall–Kier alpha value is -2.33. The van der Waals surface area contributed by atoms with Gasteiger partial charge in [0.2, 0.25) is 0 Å². The third-order valence-corrected chi connectivity index (χ3v) is 3.12. The second-order valence-corrected chi connectivity index (χ2v) is 4.45. The van der Waals surface area contributed by atoms with E-state index in [2.05, 4.69) is 5.10 Å². The molecule has 0 aliphatic carbocycles. The molecule has 4 nitrogen and oxygen atoms in total. The fourth-order valence-electron chi connectivity index (χ4n) is 2.20. The van der Waals surface area contributed by atoms with Crippen molar-refractivity contribution < 1.29 is 0 Å². The summed E-state index contributed by atoms with van der Waals surface area (Å²) in [6, 6.07) is 15.0. The smallest absolute Gasteiger partial charge is 0.274 e. The van der Waals surface area contributed by atoms with Gasteiger partial charge in [0.25, 0.3) is 5.56 Å². The third-order valence-electron chi connectivity index (χ3n) is 3.12. The second-order valence-electron chi connectivity index (χ2n) is 4.45. The van der Waals surface area contributed by atoms with Crippen LogP contribution in [0.15, 0.2) is 53.3 Å². The van der Waals surface area contributed by atoms with Crippen LogP contribution in [0.1, 0.15) is 0 Å². The number of nitrogens with zero attached hydrogens (tertiary/aromatic N) is 2. The minimum atomic E-state index is -0.0942. The highest BCUT2D eigenvalue weighted by atomic mass is 35.5. The Bertz CT molecular complexity index is 827. The highest BCUT2D eigenvalue weighted by molar-refractivity contribution is 5.94. The molecule has 0 aliphatic rings. The van der Waals surface area contributed by atoms with Crippen LogP contribution in [0.4, 0.5) is 5.69 Å². The first-order chi connectivity index (χ1) is 9.16. The highest BCUT2D eigenvalue weighted by Crippen LogP contribution is 2.25. The van der Waals surface area contributed by atoms with Crippen molar-refractivity contribution in [2.75, 3.05) is 5.73 Å². The van der Waals surface area contributed by atoms with Crippen molar-refractivity contribution in [1.82, 2.24) is 9.78 Å². The predicted octanol–water partition coefficient (Wildman–Crippen LogP) is 2.60. The van der Waals surface area contributed by atoms with Gasteiger partial charge in [0.05, 0.1) is 11.1 Å². The SMILES string of the molecule is Cl.Cn1nc(-c2cccc(N)c2)c2ccccc2c1=O. The van der Waals surface area contributed by atoms with Crippen LogP contribution in [-0.2, 0) is 7.05 Å². The van der Waals surface area contributed by atoms with E-state index in [-0.39, 0.29) is 18.0 Å². The standard InChI is InChI=1S/C15H13N3O.ClH/c1-18-15(19)13-8-3-2-7-12(13)14(17-18)10-5-4-6-11(16)9-10;/h2-9H,16H2,1H3;1H. The summed E-state index contributed by atoms with van der Waals surface area (Å²) in [7, 11) is 1.66. The van der Waals surface area contributed by atoms with Crippen molar-refractivity contribution >= 4 is 28.9 Å². The first-order valence-electron chi connectivity index (χ1n) is 5.99. The normalized spacial score (nSPS) is 10.2. The van der Waals surface area contributed by atoms with E-state index < -0.39 is 0 Å². The van der Waals surface area contributed by atoms with E-state index in [1.807, 2.05) is 48.5 Å². The fraction of sp³-hybridized carbons (Fsp3) is 0.0667. The molecule has 0 saturated heterocycles. The summed E-state index contributed by atoms with van der Waals surface area (Å²) in [5.74, 6) is 0. The number of hydrogen-bond acceptors (Lipinski definition) is 3. The molecule has 0 aliphatic heterocycles. The molecule has 102 valence electrons. The lowest BCUT2D eigenvalue weighted by molar-refractivity contribution is 0.722. The van der Waals surface area contributed by atoms with Crippen LogP contribution in [0.3, 0.4) is 0 Å². The number of rotatable bonds is 1. The molecule has 0 atom stereocenters. The predicted molar refractivity (Wildman–Crippen MR) is 84.1 cm³/mol. The number of halogens is 1. The van der Waals surface area contributed by atoms with E-state index in [1.165, 1.54) is 4.68 Å².